The lowest BCUT2D eigenvalue weighted by Crippen LogP contribution is -2.49. The van der Waals surface area contributed by atoms with Gasteiger partial charge in [-0.05, 0) is 43.3 Å². The third-order valence-corrected chi connectivity index (χ3v) is 5.51. The number of aromatic nitrogens is 1. The van der Waals surface area contributed by atoms with E-state index in [1.54, 1.807) is 7.11 Å². The number of hydrogen-bond donors (Lipinski definition) is 2. The predicted molar refractivity (Wildman–Crippen MR) is 110 cm³/mol. The summed E-state index contributed by atoms with van der Waals surface area (Å²) in [6.07, 6.45) is 1.85. The highest BCUT2D eigenvalue weighted by Crippen LogP contribution is 2.31. The van der Waals surface area contributed by atoms with E-state index in [0.29, 0.717) is 13.1 Å². The molecule has 2 aromatic carbocycles. The van der Waals surface area contributed by atoms with Gasteiger partial charge in [-0.25, -0.2) is 0 Å². The Morgan fingerprint density at radius 1 is 1.11 bits per heavy atom. The topological polar surface area (TPSA) is 68.8 Å². The molecule has 1 aliphatic rings. The summed E-state index contributed by atoms with van der Waals surface area (Å²) < 4.78 is 5.22. The molecule has 0 unspecified atom stereocenters. The standard InChI is InChI=1S/C22H25N3O3/c1-15-3-8-20-18(13-15)19(14-23-20)21(22(26)27)25-11-9-24(10-12-25)16-4-6-17(28-2)7-5-16/h3-8,13-14,21,23H,9-12H2,1-2H3,(H,26,27)/t21-/m1/s1. The van der Waals surface area contributed by atoms with Crippen molar-refractivity contribution < 1.29 is 14.6 Å². The zero-order chi connectivity index (χ0) is 19.7. The van der Waals surface area contributed by atoms with Crippen LogP contribution < -0.4 is 9.64 Å². The van der Waals surface area contributed by atoms with E-state index >= 15 is 0 Å². The summed E-state index contributed by atoms with van der Waals surface area (Å²) in [5, 5.41) is 11.0. The van der Waals surface area contributed by atoms with E-state index in [0.717, 1.165) is 46.6 Å². The maximum absolute atomic E-state index is 12.2. The van der Waals surface area contributed by atoms with Crippen molar-refractivity contribution in [3.63, 3.8) is 0 Å². The van der Waals surface area contributed by atoms with Crippen LogP contribution in [0.2, 0.25) is 0 Å². The molecule has 1 aliphatic heterocycles. The summed E-state index contributed by atoms with van der Waals surface area (Å²) in [4.78, 5) is 19.7. The number of piperazine rings is 1. The van der Waals surface area contributed by atoms with Gasteiger partial charge in [0.05, 0.1) is 7.11 Å². The summed E-state index contributed by atoms with van der Waals surface area (Å²) in [6, 6.07) is 13.5. The Labute approximate surface area is 164 Å². The molecule has 4 rings (SSSR count). The van der Waals surface area contributed by atoms with Gasteiger partial charge in [0, 0.05) is 54.5 Å². The van der Waals surface area contributed by atoms with E-state index < -0.39 is 12.0 Å². The van der Waals surface area contributed by atoms with Crippen LogP contribution in [-0.4, -0.2) is 54.2 Å². The Bertz CT molecular complexity index is 972. The van der Waals surface area contributed by atoms with Crippen molar-refractivity contribution in [1.29, 1.82) is 0 Å². The van der Waals surface area contributed by atoms with Gasteiger partial charge in [-0.15, -0.1) is 0 Å². The van der Waals surface area contributed by atoms with E-state index in [9.17, 15) is 9.90 Å². The molecule has 3 aromatic rings. The van der Waals surface area contributed by atoms with Gasteiger partial charge in [-0.2, -0.15) is 0 Å². The summed E-state index contributed by atoms with van der Waals surface area (Å²) in [5.41, 5.74) is 4.07. The molecule has 0 amide bonds. The first-order valence-electron chi connectivity index (χ1n) is 9.50. The molecular formula is C22H25N3O3. The van der Waals surface area contributed by atoms with Gasteiger partial charge in [0.1, 0.15) is 11.8 Å². The molecule has 1 aromatic heterocycles. The summed E-state index contributed by atoms with van der Waals surface area (Å²) in [5.74, 6) is 0.0308. The summed E-state index contributed by atoms with van der Waals surface area (Å²) in [6.45, 7) is 5.00. The quantitative estimate of drug-likeness (QED) is 0.711. The second kappa shape index (κ2) is 7.56. The van der Waals surface area contributed by atoms with Gasteiger partial charge < -0.3 is 19.7 Å². The number of aliphatic carboxylic acids is 1. The second-order valence-corrected chi connectivity index (χ2v) is 7.25. The molecule has 1 saturated heterocycles. The van der Waals surface area contributed by atoms with Crippen molar-refractivity contribution in [3.05, 3.63) is 59.8 Å². The summed E-state index contributed by atoms with van der Waals surface area (Å²) in [7, 11) is 1.66. The number of carbonyl (C=O) groups is 1. The second-order valence-electron chi connectivity index (χ2n) is 7.25. The minimum Gasteiger partial charge on any atom is -0.497 e. The Kier molecular flexibility index (Phi) is 4.96. The highest BCUT2D eigenvalue weighted by Gasteiger charge is 2.32. The highest BCUT2D eigenvalue weighted by molar-refractivity contribution is 5.89. The van der Waals surface area contributed by atoms with Crippen LogP contribution in [0.15, 0.2) is 48.7 Å². The fourth-order valence-electron chi connectivity index (χ4n) is 4.00. The number of ether oxygens (including phenoxy) is 1. The first kappa shape index (κ1) is 18.4. The van der Waals surface area contributed by atoms with E-state index in [2.05, 4.69) is 20.9 Å². The molecule has 0 saturated carbocycles. The van der Waals surface area contributed by atoms with Gasteiger partial charge in [0.2, 0.25) is 0 Å². The first-order valence-corrected chi connectivity index (χ1v) is 9.50. The molecule has 0 spiro atoms. The third kappa shape index (κ3) is 3.43. The van der Waals surface area contributed by atoms with E-state index in [1.807, 2.05) is 49.5 Å². The van der Waals surface area contributed by atoms with Crippen LogP contribution in [0.5, 0.6) is 5.75 Å². The average molecular weight is 379 g/mol. The van der Waals surface area contributed by atoms with Gasteiger partial charge in [0.25, 0.3) is 0 Å². The van der Waals surface area contributed by atoms with E-state index in [-0.39, 0.29) is 0 Å². The molecule has 28 heavy (non-hydrogen) atoms. The number of benzene rings is 2. The maximum Gasteiger partial charge on any atom is 0.325 e. The van der Waals surface area contributed by atoms with Gasteiger partial charge in [-0.3, -0.25) is 9.69 Å². The van der Waals surface area contributed by atoms with Crippen LogP contribution in [0.3, 0.4) is 0 Å². The molecule has 6 nitrogen and oxygen atoms in total. The smallest absolute Gasteiger partial charge is 0.325 e. The fraction of sp³-hybridized carbons (Fsp3) is 0.318. The van der Waals surface area contributed by atoms with E-state index in [1.165, 1.54) is 0 Å². The van der Waals surface area contributed by atoms with Crippen molar-refractivity contribution in [1.82, 2.24) is 9.88 Å². The minimum absolute atomic E-state index is 0.645. The van der Waals surface area contributed by atoms with Gasteiger partial charge in [0.15, 0.2) is 0 Å². The molecule has 1 fully saturated rings. The Morgan fingerprint density at radius 3 is 2.46 bits per heavy atom. The lowest BCUT2D eigenvalue weighted by Gasteiger charge is -2.38. The van der Waals surface area contributed by atoms with Crippen molar-refractivity contribution in [3.8, 4) is 5.75 Å². The van der Waals surface area contributed by atoms with Crippen LogP contribution in [0.1, 0.15) is 17.2 Å². The Morgan fingerprint density at radius 2 is 1.82 bits per heavy atom. The molecular weight excluding hydrogens is 354 g/mol. The zero-order valence-electron chi connectivity index (χ0n) is 16.2. The van der Waals surface area contributed by atoms with Crippen LogP contribution in [0.4, 0.5) is 5.69 Å². The number of nitrogens with one attached hydrogen (secondary N) is 1. The maximum atomic E-state index is 12.2. The third-order valence-electron chi connectivity index (χ3n) is 5.51. The molecule has 2 heterocycles. The Balaban J connectivity index is 1.53. The number of aromatic amines is 1. The number of aryl methyl sites for hydroxylation is 1. The number of carboxylic acids is 1. The number of carboxylic acid groups (broad SMARTS) is 1. The number of rotatable bonds is 5. The monoisotopic (exact) mass is 379 g/mol. The van der Waals surface area contributed by atoms with Crippen molar-refractivity contribution >= 4 is 22.6 Å². The number of fused-ring (bicyclic) bond motifs is 1. The molecule has 2 N–H and O–H groups in total. The SMILES string of the molecule is COc1ccc(N2CCN([C@@H](C(=O)O)c3c[nH]c4ccc(C)cc34)CC2)cc1. The lowest BCUT2D eigenvalue weighted by atomic mass is 10.0. The molecule has 6 heteroatoms. The van der Waals surface area contributed by atoms with Crippen molar-refractivity contribution in [2.75, 3.05) is 38.2 Å². The molecule has 0 bridgehead atoms. The molecule has 0 radical (unpaired) electrons. The first-order chi connectivity index (χ1) is 13.6. The van der Waals surface area contributed by atoms with E-state index in [4.69, 9.17) is 4.74 Å². The number of nitrogens with zero attached hydrogens (tertiary/aromatic N) is 2. The fourth-order valence-corrected chi connectivity index (χ4v) is 4.00. The minimum atomic E-state index is -0.805. The Hall–Kier alpha value is -2.99. The average Bonchev–Trinajstić information content (AvgIpc) is 3.11. The van der Waals surface area contributed by atoms with Gasteiger partial charge >= 0.3 is 5.97 Å². The van der Waals surface area contributed by atoms with Crippen LogP contribution in [0, 0.1) is 6.92 Å². The van der Waals surface area contributed by atoms with Crippen LogP contribution >= 0.6 is 0 Å². The van der Waals surface area contributed by atoms with Crippen LogP contribution in [-0.2, 0) is 4.79 Å². The van der Waals surface area contributed by atoms with Crippen molar-refractivity contribution in [2.24, 2.45) is 0 Å². The van der Waals surface area contributed by atoms with Crippen LogP contribution in [0.25, 0.3) is 10.9 Å². The highest BCUT2D eigenvalue weighted by atomic mass is 16.5. The van der Waals surface area contributed by atoms with Crippen molar-refractivity contribution in [2.45, 2.75) is 13.0 Å². The number of anilines is 1. The normalized spacial score (nSPS) is 16.3. The summed E-state index contributed by atoms with van der Waals surface area (Å²) >= 11 is 0. The van der Waals surface area contributed by atoms with Gasteiger partial charge in [-0.1, -0.05) is 11.6 Å². The zero-order valence-corrected chi connectivity index (χ0v) is 16.2. The largest absolute Gasteiger partial charge is 0.497 e. The number of H-pyrrole nitrogens is 1. The lowest BCUT2D eigenvalue weighted by molar-refractivity contribution is -0.143. The molecule has 0 aliphatic carbocycles. The number of methoxy groups -OCH3 is 1. The predicted octanol–water partition coefficient (Wildman–Crippen LogP) is 3.43. The molecule has 146 valence electrons. The molecule has 1 atom stereocenters. The number of hydrogen-bond acceptors (Lipinski definition) is 4.